The van der Waals surface area contributed by atoms with Crippen LogP contribution in [-0.4, -0.2) is 20.3 Å². The lowest BCUT2D eigenvalue weighted by Gasteiger charge is -2.05. The van der Waals surface area contributed by atoms with E-state index < -0.39 is 0 Å². The van der Waals surface area contributed by atoms with Crippen LogP contribution >= 0.6 is 0 Å². The summed E-state index contributed by atoms with van der Waals surface area (Å²) in [4.78, 5) is 0. The van der Waals surface area contributed by atoms with Gasteiger partial charge in [-0.2, -0.15) is 0 Å². The van der Waals surface area contributed by atoms with E-state index in [1.807, 2.05) is 12.1 Å². The zero-order chi connectivity index (χ0) is 10.4. The number of anilines is 2. The Hall–Kier alpha value is -1.26. The maximum atomic E-state index is 5.65. The topological polar surface area (TPSA) is 70.5 Å². The molecule has 0 unspecified atom stereocenters. The van der Waals surface area contributed by atoms with Gasteiger partial charge in [-0.15, -0.1) is 0 Å². The van der Waals surface area contributed by atoms with E-state index in [-0.39, 0.29) is 0 Å². The molecule has 0 spiro atoms. The molecule has 1 aromatic rings. The van der Waals surface area contributed by atoms with Crippen molar-refractivity contribution in [3.8, 4) is 0 Å². The minimum absolute atomic E-state index is 0.536. The van der Waals surface area contributed by atoms with E-state index in [9.17, 15) is 0 Å². The van der Waals surface area contributed by atoms with Crippen LogP contribution in [0.4, 0.5) is 11.4 Å². The number of rotatable bonds is 5. The van der Waals surface area contributed by atoms with E-state index in [1.165, 1.54) is 0 Å². The molecule has 0 saturated carbocycles. The maximum absolute atomic E-state index is 5.65. The molecule has 4 nitrogen and oxygen atoms in total. The van der Waals surface area contributed by atoms with Gasteiger partial charge in [0, 0.05) is 7.11 Å². The van der Waals surface area contributed by atoms with Gasteiger partial charge < -0.3 is 20.9 Å². The second-order valence-corrected chi connectivity index (χ2v) is 3.01. The molecule has 0 fully saturated rings. The Labute approximate surface area is 83.8 Å². The molecule has 0 aliphatic carbocycles. The van der Waals surface area contributed by atoms with Gasteiger partial charge in [0.15, 0.2) is 0 Å². The van der Waals surface area contributed by atoms with Gasteiger partial charge in [0.2, 0.25) is 0 Å². The lowest BCUT2D eigenvalue weighted by molar-refractivity contribution is 0.0617. The minimum atomic E-state index is 0.536. The van der Waals surface area contributed by atoms with Gasteiger partial charge in [-0.05, 0) is 17.7 Å². The zero-order valence-corrected chi connectivity index (χ0v) is 8.32. The fraction of sp³-hybridized carbons (Fsp3) is 0.400. The summed E-state index contributed by atoms with van der Waals surface area (Å²) in [6, 6.07) is 5.50. The van der Waals surface area contributed by atoms with Crippen LogP contribution in [0.5, 0.6) is 0 Å². The van der Waals surface area contributed by atoms with Gasteiger partial charge in [-0.3, -0.25) is 0 Å². The molecule has 0 saturated heterocycles. The Morgan fingerprint density at radius 1 is 1.14 bits per heavy atom. The zero-order valence-electron chi connectivity index (χ0n) is 8.32. The maximum Gasteiger partial charge on any atom is 0.0718 e. The van der Waals surface area contributed by atoms with Crippen LogP contribution in [0.25, 0.3) is 0 Å². The summed E-state index contributed by atoms with van der Waals surface area (Å²) < 4.78 is 10.2. The third kappa shape index (κ3) is 3.24. The van der Waals surface area contributed by atoms with Gasteiger partial charge in [0.05, 0.1) is 31.2 Å². The second kappa shape index (κ2) is 5.47. The third-order valence-electron chi connectivity index (χ3n) is 1.85. The smallest absolute Gasteiger partial charge is 0.0718 e. The molecule has 0 aromatic heterocycles. The first-order chi connectivity index (χ1) is 6.74. The van der Waals surface area contributed by atoms with Gasteiger partial charge in [-0.1, -0.05) is 6.07 Å². The second-order valence-electron chi connectivity index (χ2n) is 3.01. The highest BCUT2D eigenvalue weighted by Gasteiger charge is 1.97. The van der Waals surface area contributed by atoms with Crippen molar-refractivity contribution in [1.29, 1.82) is 0 Å². The summed E-state index contributed by atoms with van der Waals surface area (Å²) >= 11 is 0. The Morgan fingerprint density at radius 2 is 1.93 bits per heavy atom. The lowest BCUT2D eigenvalue weighted by Crippen LogP contribution is -2.02. The summed E-state index contributed by atoms with van der Waals surface area (Å²) in [5, 5.41) is 0. The predicted octanol–water partition coefficient (Wildman–Crippen LogP) is 1.01. The van der Waals surface area contributed by atoms with Crippen molar-refractivity contribution in [2.75, 3.05) is 31.8 Å². The highest BCUT2D eigenvalue weighted by Crippen LogP contribution is 2.16. The first kappa shape index (κ1) is 10.8. The van der Waals surface area contributed by atoms with E-state index >= 15 is 0 Å². The minimum Gasteiger partial charge on any atom is -0.397 e. The lowest BCUT2D eigenvalue weighted by atomic mass is 10.2. The molecule has 0 bridgehead atoms. The fourth-order valence-corrected chi connectivity index (χ4v) is 1.05. The van der Waals surface area contributed by atoms with E-state index in [0.717, 1.165) is 5.56 Å². The van der Waals surface area contributed by atoms with Crippen LogP contribution in [-0.2, 0) is 16.1 Å². The van der Waals surface area contributed by atoms with E-state index in [4.69, 9.17) is 20.9 Å². The SMILES string of the molecule is COCCOCc1ccc(N)c(N)c1. The first-order valence-corrected chi connectivity index (χ1v) is 4.44. The van der Waals surface area contributed by atoms with Crippen molar-refractivity contribution in [3.63, 3.8) is 0 Å². The number of methoxy groups -OCH3 is 1. The van der Waals surface area contributed by atoms with Crippen LogP contribution in [0.2, 0.25) is 0 Å². The van der Waals surface area contributed by atoms with Gasteiger partial charge in [0.1, 0.15) is 0 Å². The van der Waals surface area contributed by atoms with Crippen LogP contribution in [0, 0.1) is 0 Å². The molecule has 14 heavy (non-hydrogen) atoms. The largest absolute Gasteiger partial charge is 0.397 e. The van der Waals surface area contributed by atoms with Crippen molar-refractivity contribution >= 4 is 11.4 Å². The molecule has 0 heterocycles. The molecule has 4 N–H and O–H groups in total. The van der Waals surface area contributed by atoms with E-state index in [1.54, 1.807) is 13.2 Å². The first-order valence-electron chi connectivity index (χ1n) is 4.44. The number of nitrogens with two attached hydrogens (primary N) is 2. The highest BCUT2D eigenvalue weighted by atomic mass is 16.5. The van der Waals surface area contributed by atoms with Crippen molar-refractivity contribution in [2.45, 2.75) is 6.61 Å². The van der Waals surface area contributed by atoms with Crippen molar-refractivity contribution in [3.05, 3.63) is 23.8 Å². The Morgan fingerprint density at radius 3 is 2.57 bits per heavy atom. The van der Waals surface area contributed by atoms with E-state index in [2.05, 4.69) is 0 Å². The molecule has 1 rings (SSSR count). The summed E-state index contributed by atoms with van der Waals surface area (Å²) in [7, 11) is 1.64. The number of nitrogen functional groups attached to an aromatic ring is 2. The number of ether oxygens (including phenoxy) is 2. The summed E-state index contributed by atoms with van der Waals surface area (Å²) in [6.45, 7) is 1.72. The van der Waals surface area contributed by atoms with Gasteiger partial charge >= 0.3 is 0 Å². The molecule has 78 valence electrons. The van der Waals surface area contributed by atoms with Crippen LogP contribution in [0.3, 0.4) is 0 Å². The molecule has 1 aromatic carbocycles. The molecule has 0 aliphatic heterocycles. The average Bonchev–Trinajstić information content (AvgIpc) is 2.18. The molecule has 0 aliphatic rings. The Bertz CT molecular complexity index is 289. The van der Waals surface area contributed by atoms with Crippen molar-refractivity contribution in [2.24, 2.45) is 0 Å². The number of hydrogen-bond acceptors (Lipinski definition) is 4. The van der Waals surface area contributed by atoms with Crippen molar-refractivity contribution < 1.29 is 9.47 Å². The summed E-state index contributed by atoms with van der Waals surface area (Å²) in [5.74, 6) is 0. The third-order valence-corrected chi connectivity index (χ3v) is 1.85. The normalized spacial score (nSPS) is 10.4. The monoisotopic (exact) mass is 196 g/mol. The molecule has 0 amide bonds. The van der Waals surface area contributed by atoms with Crippen LogP contribution in [0.1, 0.15) is 5.56 Å². The molecular formula is C10H16N2O2. The van der Waals surface area contributed by atoms with Crippen molar-refractivity contribution in [1.82, 2.24) is 0 Å². The standard InChI is InChI=1S/C10H16N2O2/c1-13-4-5-14-7-8-2-3-9(11)10(12)6-8/h2-3,6H,4-5,7,11-12H2,1H3. The Kier molecular flexibility index (Phi) is 4.22. The quantitative estimate of drug-likeness (QED) is 0.544. The Balaban J connectivity index is 2.39. The molecule has 0 radical (unpaired) electrons. The summed E-state index contributed by atoms with van der Waals surface area (Å²) in [5.41, 5.74) is 13.4. The van der Waals surface area contributed by atoms with E-state index in [0.29, 0.717) is 31.2 Å². The number of hydrogen-bond donors (Lipinski definition) is 2. The van der Waals surface area contributed by atoms with Gasteiger partial charge in [0.25, 0.3) is 0 Å². The fourth-order valence-electron chi connectivity index (χ4n) is 1.05. The molecule has 4 heteroatoms. The van der Waals surface area contributed by atoms with Crippen LogP contribution in [0.15, 0.2) is 18.2 Å². The predicted molar refractivity (Wildman–Crippen MR) is 56.8 cm³/mol. The number of benzene rings is 1. The molecule has 0 atom stereocenters. The highest BCUT2D eigenvalue weighted by molar-refractivity contribution is 5.63. The molecular weight excluding hydrogens is 180 g/mol. The average molecular weight is 196 g/mol. The van der Waals surface area contributed by atoms with Crippen LogP contribution < -0.4 is 11.5 Å². The summed E-state index contributed by atoms with van der Waals surface area (Å²) in [6.07, 6.45) is 0. The van der Waals surface area contributed by atoms with Gasteiger partial charge in [-0.25, -0.2) is 0 Å².